The van der Waals surface area contributed by atoms with Crippen LogP contribution in [0.2, 0.25) is 5.02 Å². The summed E-state index contributed by atoms with van der Waals surface area (Å²) < 4.78 is 1.82. The number of benzene rings is 1. The molecule has 0 fully saturated rings. The Morgan fingerprint density at radius 1 is 1.44 bits per heavy atom. The second kappa shape index (κ2) is 8.32. The summed E-state index contributed by atoms with van der Waals surface area (Å²) in [4.78, 5) is 12.0. The van der Waals surface area contributed by atoms with E-state index in [1.807, 2.05) is 48.9 Å². The smallest absolute Gasteiger partial charge is 0.262 e. The topological polar surface area (TPSA) is 70.7 Å². The molecule has 0 aliphatic heterocycles. The Labute approximate surface area is 152 Å². The van der Waals surface area contributed by atoms with E-state index in [2.05, 4.69) is 17.0 Å². The number of halogens is 1. The van der Waals surface area contributed by atoms with Crippen molar-refractivity contribution in [3.05, 3.63) is 70.0 Å². The Balaban J connectivity index is 2.34. The Kier molecular flexibility index (Phi) is 6.15. The lowest BCUT2D eigenvalue weighted by atomic mass is 10.1. The molecule has 0 radical (unpaired) electrons. The zero-order valence-corrected chi connectivity index (χ0v) is 15.0. The molecular formula is C19H19ClN4O. The molecular weight excluding hydrogens is 336 g/mol. The van der Waals surface area contributed by atoms with Gasteiger partial charge in [-0.3, -0.25) is 9.48 Å². The van der Waals surface area contributed by atoms with Crippen molar-refractivity contribution in [2.24, 2.45) is 0 Å². The molecule has 1 N–H and O–H groups in total. The number of nitrogens with one attached hydrogen (secondary N) is 1. The Bertz CT molecular complexity index is 874. The third kappa shape index (κ3) is 4.37. The van der Waals surface area contributed by atoms with E-state index in [-0.39, 0.29) is 5.57 Å². The van der Waals surface area contributed by atoms with Gasteiger partial charge in [0.25, 0.3) is 5.91 Å². The number of amides is 1. The summed E-state index contributed by atoms with van der Waals surface area (Å²) in [5.41, 5.74) is 3.35. The Hall–Kier alpha value is -2.84. The molecule has 0 aliphatic rings. The maximum absolute atomic E-state index is 12.0. The summed E-state index contributed by atoms with van der Waals surface area (Å²) in [6, 6.07) is 9.51. The quantitative estimate of drug-likeness (QED) is 0.491. The molecule has 1 amide bonds. The zero-order chi connectivity index (χ0) is 18.4. The highest BCUT2D eigenvalue weighted by molar-refractivity contribution is 6.31. The fraction of sp³-hybridized carbons (Fsp3) is 0.211. The number of nitriles is 1. The first-order valence-corrected chi connectivity index (χ1v) is 8.14. The number of carbonyl (C=O) groups excluding carboxylic acids is 1. The van der Waals surface area contributed by atoms with Crippen LogP contribution in [-0.2, 0) is 11.3 Å². The van der Waals surface area contributed by atoms with Crippen LogP contribution in [0.3, 0.4) is 0 Å². The van der Waals surface area contributed by atoms with Gasteiger partial charge in [-0.1, -0.05) is 35.9 Å². The minimum absolute atomic E-state index is 0.0327. The summed E-state index contributed by atoms with van der Waals surface area (Å²) in [5.74, 6) is -0.431. The molecule has 128 valence electrons. The van der Waals surface area contributed by atoms with Gasteiger partial charge in [0.1, 0.15) is 11.6 Å². The molecule has 0 saturated carbocycles. The van der Waals surface area contributed by atoms with E-state index in [1.165, 1.54) is 0 Å². The van der Waals surface area contributed by atoms with Gasteiger partial charge >= 0.3 is 0 Å². The van der Waals surface area contributed by atoms with Crippen LogP contribution in [0.4, 0.5) is 0 Å². The van der Waals surface area contributed by atoms with E-state index in [0.29, 0.717) is 18.1 Å². The number of aryl methyl sites for hydroxylation is 1. The fourth-order valence-electron chi connectivity index (χ4n) is 2.41. The van der Waals surface area contributed by atoms with E-state index in [4.69, 9.17) is 11.6 Å². The summed E-state index contributed by atoms with van der Waals surface area (Å²) >= 11 is 6.21. The van der Waals surface area contributed by atoms with Crippen molar-refractivity contribution in [1.82, 2.24) is 15.1 Å². The highest BCUT2D eigenvalue weighted by Gasteiger charge is 2.14. The van der Waals surface area contributed by atoms with Crippen LogP contribution in [0.25, 0.3) is 6.08 Å². The highest BCUT2D eigenvalue weighted by atomic mass is 35.5. The maximum Gasteiger partial charge on any atom is 0.262 e. The number of hydrogen-bond acceptors (Lipinski definition) is 3. The highest BCUT2D eigenvalue weighted by Crippen LogP contribution is 2.21. The maximum atomic E-state index is 12.0. The number of rotatable bonds is 6. The molecule has 1 aromatic carbocycles. The van der Waals surface area contributed by atoms with Crippen LogP contribution in [-0.4, -0.2) is 22.2 Å². The van der Waals surface area contributed by atoms with Gasteiger partial charge in [0, 0.05) is 22.8 Å². The van der Waals surface area contributed by atoms with Gasteiger partial charge < -0.3 is 5.32 Å². The number of nitrogens with zero attached hydrogens (tertiary/aromatic N) is 3. The molecule has 5 nitrogen and oxygen atoms in total. The normalized spacial score (nSPS) is 11.0. The van der Waals surface area contributed by atoms with Crippen molar-refractivity contribution in [2.75, 3.05) is 6.54 Å². The molecule has 1 heterocycles. The molecule has 25 heavy (non-hydrogen) atoms. The molecule has 0 bridgehead atoms. The van der Waals surface area contributed by atoms with Gasteiger partial charge in [-0.15, -0.1) is 6.58 Å². The molecule has 2 rings (SSSR count). The van der Waals surface area contributed by atoms with Crippen LogP contribution < -0.4 is 5.32 Å². The fourth-order valence-corrected chi connectivity index (χ4v) is 2.61. The summed E-state index contributed by atoms with van der Waals surface area (Å²) in [7, 11) is 0. The third-order valence-corrected chi connectivity index (χ3v) is 4.14. The number of hydrogen-bond donors (Lipinski definition) is 1. The van der Waals surface area contributed by atoms with Gasteiger partial charge in [-0.05, 0) is 31.6 Å². The molecule has 0 aliphatic carbocycles. The molecule has 2 aromatic rings. The first-order chi connectivity index (χ1) is 12.0. The van der Waals surface area contributed by atoms with Crippen LogP contribution >= 0.6 is 11.6 Å². The van der Waals surface area contributed by atoms with E-state index in [0.717, 1.165) is 22.5 Å². The van der Waals surface area contributed by atoms with Crippen LogP contribution in [0.5, 0.6) is 0 Å². The molecule has 0 spiro atoms. The summed E-state index contributed by atoms with van der Waals surface area (Å²) in [5, 5.41) is 17.1. The predicted molar refractivity (Wildman–Crippen MR) is 99.1 cm³/mol. The Morgan fingerprint density at radius 2 is 2.16 bits per heavy atom. The van der Waals surface area contributed by atoms with Gasteiger partial charge in [0.2, 0.25) is 0 Å². The van der Waals surface area contributed by atoms with E-state index in [1.54, 1.807) is 12.2 Å². The van der Waals surface area contributed by atoms with Gasteiger partial charge in [0.15, 0.2) is 0 Å². The van der Waals surface area contributed by atoms with Gasteiger partial charge in [0.05, 0.1) is 12.2 Å². The zero-order valence-electron chi connectivity index (χ0n) is 14.2. The lowest BCUT2D eigenvalue weighted by Crippen LogP contribution is -2.24. The average molecular weight is 355 g/mol. The van der Waals surface area contributed by atoms with Gasteiger partial charge in [-0.25, -0.2) is 0 Å². The standard InChI is InChI=1S/C19H19ClN4O/c1-4-9-22-19(25)16(11-21)10-17-13(2)23-24(14(17)3)12-15-7-5-6-8-18(15)20/h4-8,10H,1,9,12H2,2-3H3,(H,22,25)/b16-10+. The van der Waals surface area contributed by atoms with Gasteiger partial charge in [-0.2, -0.15) is 10.4 Å². The molecule has 0 saturated heterocycles. The minimum atomic E-state index is -0.431. The first kappa shape index (κ1) is 18.5. The lowest BCUT2D eigenvalue weighted by Gasteiger charge is -2.07. The molecule has 6 heteroatoms. The molecule has 0 unspecified atom stereocenters. The number of carbonyl (C=O) groups is 1. The van der Waals surface area contributed by atoms with Crippen molar-refractivity contribution in [1.29, 1.82) is 5.26 Å². The third-order valence-electron chi connectivity index (χ3n) is 3.78. The van der Waals surface area contributed by atoms with Crippen LogP contribution in [0, 0.1) is 25.2 Å². The van der Waals surface area contributed by atoms with Crippen molar-refractivity contribution in [2.45, 2.75) is 20.4 Å². The lowest BCUT2D eigenvalue weighted by molar-refractivity contribution is -0.116. The van der Waals surface area contributed by atoms with E-state index < -0.39 is 5.91 Å². The summed E-state index contributed by atoms with van der Waals surface area (Å²) in [6.07, 6.45) is 3.13. The first-order valence-electron chi connectivity index (χ1n) is 7.76. The van der Waals surface area contributed by atoms with Crippen LogP contribution in [0.1, 0.15) is 22.5 Å². The van der Waals surface area contributed by atoms with Crippen molar-refractivity contribution in [3.63, 3.8) is 0 Å². The van der Waals surface area contributed by atoms with Crippen molar-refractivity contribution in [3.8, 4) is 6.07 Å². The van der Waals surface area contributed by atoms with Crippen molar-refractivity contribution < 1.29 is 4.79 Å². The monoisotopic (exact) mass is 354 g/mol. The van der Waals surface area contributed by atoms with Crippen molar-refractivity contribution >= 4 is 23.6 Å². The minimum Gasteiger partial charge on any atom is -0.348 e. The summed E-state index contributed by atoms with van der Waals surface area (Å²) in [6.45, 7) is 8.11. The van der Waals surface area contributed by atoms with Crippen LogP contribution in [0.15, 0.2) is 42.5 Å². The number of aromatic nitrogens is 2. The second-order valence-corrected chi connectivity index (χ2v) is 5.91. The van der Waals surface area contributed by atoms with E-state index in [9.17, 15) is 10.1 Å². The second-order valence-electron chi connectivity index (χ2n) is 5.50. The SMILES string of the molecule is C=CCNC(=O)/C(C#N)=C/c1c(C)nn(Cc2ccccc2Cl)c1C. The predicted octanol–water partition coefficient (Wildman–Crippen LogP) is 3.41. The molecule has 1 aromatic heterocycles. The largest absolute Gasteiger partial charge is 0.348 e. The average Bonchev–Trinajstić information content (AvgIpc) is 2.86. The van der Waals surface area contributed by atoms with E-state index >= 15 is 0 Å². The molecule has 0 atom stereocenters. The Morgan fingerprint density at radius 3 is 2.80 bits per heavy atom.